The van der Waals surface area contributed by atoms with E-state index in [4.69, 9.17) is 23.2 Å². The van der Waals surface area contributed by atoms with Crippen LogP contribution in [0, 0.1) is 6.92 Å². The lowest BCUT2D eigenvalue weighted by molar-refractivity contribution is -0.140. The second-order valence-electron chi connectivity index (χ2n) is 10.8. The minimum atomic E-state index is -4.21. The number of hydrogen-bond donors (Lipinski definition) is 1. The number of anilines is 1. The van der Waals surface area contributed by atoms with Gasteiger partial charge in [-0.3, -0.25) is 13.9 Å². The van der Waals surface area contributed by atoms with Crippen molar-refractivity contribution in [1.82, 2.24) is 10.2 Å². The maximum Gasteiger partial charge on any atom is 0.264 e. The Morgan fingerprint density at radius 2 is 1.51 bits per heavy atom. The summed E-state index contributed by atoms with van der Waals surface area (Å²) in [6, 6.07) is 28.3. The van der Waals surface area contributed by atoms with Crippen molar-refractivity contribution in [2.24, 2.45) is 0 Å². The van der Waals surface area contributed by atoms with Gasteiger partial charge in [0.05, 0.1) is 10.6 Å². The van der Waals surface area contributed by atoms with Gasteiger partial charge in [0.2, 0.25) is 11.8 Å². The van der Waals surface area contributed by atoms with Gasteiger partial charge in [0, 0.05) is 29.6 Å². The van der Waals surface area contributed by atoms with Crippen molar-refractivity contribution >= 4 is 50.7 Å². The van der Waals surface area contributed by atoms with Gasteiger partial charge in [0.15, 0.2) is 0 Å². The van der Waals surface area contributed by atoms with E-state index in [1.54, 1.807) is 36.4 Å². The lowest BCUT2D eigenvalue weighted by Crippen LogP contribution is -2.53. The summed E-state index contributed by atoms with van der Waals surface area (Å²) in [7, 11) is -4.21. The van der Waals surface area contributed by atoms with E-state index in [1.807, 2.05) is 56.3 Å². The molecule has 0 heterocycles. The zero-order chi connectivity index (χ0) is 32.4. The van der Waals surface area contributed by atoms with Crippen molar-refractivity contribution in [3.05, 3.63) is 130 Å². The third kappa shape index (κ3) is 9.33. The fourth-order valence-electron chi connectivity index (χ4n) is 4.94. The number of rotatable bonds is 14. The van der Waals surface area contributed by atoms with Crippen molar-refractivity contribution in [3.63, 3.8) is 0 Å². The zero-order valence-electron chi connectivity index (χ0n) is 25.3. The minimum Gasteiger partial charge on any atom is -0.354 e. The summed E-state index contributed by atoms with van der Waals surface area (Å²) in [6.45, 7) is 3.84. The topological polar surface area (TPSA) is 86.8 Å². The fourth-order valence-corrected chi connectivity index (χ4v) is 6.68. The molecule has 0 unspecified atom stereocenters. The van der Waals surface area contributed by atoms with Crippen LogP contribution in [-0.4, -0.2) is 44.3 Å². The van der Waals surface area contributed by atoms with Crippen LogP contribution in [0.1, 0.15) is 36.5 Å². The molecular weight excluding hydrogens is 629 g/mol. The summed E-state index contributed by atoms with van der Waals surface area (Å²) in [5.41, 5.74) is 2.72. The van der Waals surface area contributed by atoms with E-state index < -0.39 is 28.5 Å². The Hall–Kier alpha value is -3.85. The highest BCUT2D eigenvalue weighted by atomic mass is 35.5. The smallest absolute Gasteiger partial charge is 0.264 e. The molecule has 0 radical (unpaired) electrons. The van der Waals surface area contributed by atoms with Crippen LogP contribution in [0.15, 0.2) is 108 Å². The molecule has 0 bridgehead atoms. The van der Waals surface area contributed by atoms with E-state index in [0.29, 0.717) is 27.8 Å². The molecule has 45 heavy (non-hydrogen) atoms. The number of nitrogens with one attached hydrogen (secondary N) is 1. The number of unbranched alkanes of at least 4 members (excludes halogenated alkanes) is 1. The first-order chi connectivity index (χ1) is 21.6. The van der Waals surface area contributed by atoms with Crippen LogP contribution in [0.4, 0.5) is 5.69 Å². The van der Waals surface area contributed by atoms with Gasteiger partial charge in [-0.15, -0.1) is 0 Å². The Morgan fingerprint density at radius 1 is 0.822 bits per heavy atom. The Kier molecular flexibility index (Phi) is 12.0. The predicted molar refractivity (Wildman–Crippen MR) is 181 cm³/mol. The normalized spacial score (nSPS) is 11.9. The van der Waals surface area contributed by atoms with E-state index >= 15 is 0 Å². The maximum atomic E-state index is 14.5. The van der Waals surface area contributed by atoms with Crippen molar-refractivity contribution in [2.75, 3.05) is 17.4 Å². The largest absolute Gasteiger partial charge is 0.354 e. The number of halogens is 2. The fraction of sp³-hybridized carbons (Fsp3) is 0.257. The van der Waals surface area contributed by atoms with Gasteiger partial charge in [0.25, 0.3) is 10.0 Å². The summed E-state index contributed by atoms with van der Waals surface area (Å²) in [4.78, 5) is 29.7. The van der Waals surface area contributed by atoms with Gasteiger partial charge >= 0.3 is 0 Å². The molecule has 1 atom stereocenters. The molecule has 0 aliphatic carbocycles. The average Bonchev–Trinajstić information content (AvgIpc) is 3.02. The Bertz CT molecular complexity index is 1700. The molecular formula is C35H37Cl2N3O4S. The average molecular weight is 667 g/mol. The highest BCUT2D eigenvalue weighted by Crippen LogP contribution is 2.27. The number of nitrogens with zero attached hydrogens (tertiary/aromatic N) is 2. The van der Waals surface area contributed by atoms with Crippen molar-refractivity contribution < 1.29 is 18.0 Å². The molecule has 0 saturated heterocycles. The summed E-state index contributed by atoms with van der Waals surface area (Å²) >= 11 is 12.4. The quantitative estimate of drug-likeness (QED) is 0.146. The molecule has 0 aliphatic heterocycles. The number of sulfonamides is 1. The van der Waals surface area contributed by atoms with Gasteiger partial charge in [-0.05, 0) is 78.6 Å². The Morgan fingerprint density at radius 3 is 2.18 bits per heavy atom. The third-order valence-electron chi connectivity index (χ3n) is 7.31. The number of benzene rings is 4. The van der Waals surface area contributed by atoms with Crippen LogP contribution >= 0.6 is 23.2 Å². The number of carbonyl (C=O) groups excluding carboxylic acids is 2. The van der Waals surface area contributed by atoms with E-state index in [2.05, 4.69) is 5.32 Å². The van der Waals surface area contributed by atoms with Crippen LogP contribution in [-0.2, 0) is 32.6 Å². The summed E-state index contributed by atoms with van der Waals surface area (Å²) in [5.74, 6) is -0.856. The SMILES string of the molecule is CCCCNC(=O)[C@H](Cc1ccccc1)N(Cc1cccc(Cl)c1)C(=O)CN(c1cccc(C)c1)S(=O)(=O)c1ccc(Cl)cc1. The molecule has 7 nitrogen and oxygen atoms in total. The maximum absolute atomic E-state index is 14.5. The second kappa shape index (κ2) is 15.9. The van der Waals surface area contributed by atoms with E-state index in [-0.39, 0.29) is 23.8 Å². The first-order valence-electron chi connectivity index (χ1n) is 14.8. The number of hydrogen-bond acceptors (Lipinski definition) is 4. The van der Waals surface area contributed by atoms with Crippen LogP contribution < -0.4 is 9.62 Å². The van der Waals surface area contributed by atoms with Crippen molar-refractivity contribution in [3.8, 4) is 0 Å². The van der Waals surface area contributed by atoms with Crippen LogP contribution in [0.25, 0.3) is 0 Å². The molecule has 4 rings (SSSR count). The molecule has 1 N–H and O–H groups in total. The van der Waals surface area contributed by atoms with Gasteiger partial charge in [-0.1, -0.05) is 91.1 Å². The summed E-state index contributed by atoms with van der Waals surface area (Å²) in [5, 5.41) is 3.86. The zero-order valence-corrected chi connectivity index (χ0v) is 27.7. The van der Waals surface area contributed by atoms with Gasteiger partial charge in [0.1, 0.15) is 12.6 Å². The molecule has 4 aromatic carbocycles. The minimum absolute atomic E-state index is 0.0132. The second-order valence-corrected chi connectivity index (χ2v) is 13.5. The van der Waals surface area contributed by atoms with E-state index in [9.17, 15) is 18.0 Å². The monoisotopic (exact) mass is 665 g/mol. The molecule has 2 amide bonds. The number of carbonyl (C=O) groups is 2. The third-order valence-corrected chi connectivity index (χ3v) is 9.59. The van der Waals surface area contributed by atoms with Crippen molar-refractivity contribution in [1.29, 1.82) is 0 Å². The highest BCUT2D eigenvalue weighted by Gasteiger charge is 2.34. The lowest BCUT2D eigenvalue weighted by atomic mass is 10.0. The van der Waals surface area contributed by atoms with Gasteiger partial charge in [-0.2, -0.15) is 0 Å². The first-order valence-corrected chi connectivity index (χ1v) is 17.0. The summed E-state index contributed by atoms with van der Waals surface area (Å²) < 4.78 is 29.3. The molecule has 0 saturated carbocycles. The van der Waals surface area contributed by atoms with Gasteiger partial charge < -0.3 is 10.2 Å². The van der Waals surface area contributed by atoms with Crippen LogP contribution in [0.5, 0.6) is 0 Å². The highest BCUT2D eigenvalue weighted by molar-refractivity contribution is 7.92. The molecule has 0 fully saturated rings. The predicted octanol–water partition coefficient (Wildman–Crippen LogP) is 7.05. The van der Waals surface area contributed by atoms with Crippen LogP contribution in [0.3, 0.4) is 0 Å². The van der Waals surface area contributed by atoms with E-state index in [0.717, 1.165) is 28.3 Å². The van der Waals surface area contributed by atoms with Crippen LogP contribution in [0.2, 0.25) is 10.0 Å². The Labute approximate surface area is 275 Å². The molecule has 10 heteroatoms. The lowest BCUT2D eigenvalue weighted by Gasteiger charge is -2.34. The van der Waals surface area contributed by atoms with Crippen molar-refractivity contribution in [2.45, 2.75) is 50.6 Å². The summed E-state index contributed by atoms with van der Waals surface area (Å²) in [6.07, 6.45) is 1.91. The first kappa shape index (κ1) is 34.0. The number of amides is 2. The standard InChI is InChI=1S/C35H37Cl2N3O4S/c1-3-4-20-38-35(42)33(23-27-11-6-5-7-12-27)39(24-28-13-9-14-30(37)22-28)34(41)25-40(31-15-8-10-26(2)21-31)45(43,44)32-18-16-29(36)17-19-32/h5-19,21-22,33H,3-4,20,23-25H2,1-2H3,(H,38,42)/t33-/m0/s1. The Balaban J connectivity index is 1.79. The molecule has 0 aliphatic rings. The molecule has 0 aromatic heterocycles. The molecule has 0 spiro atoms. The molecule has 4 aromatic rings. The van der Waals surface area contributed by atoms with E-state index in [1.165, 1.54) is 29.2 Å². The molecule has 236 valence electrons. The van der Waals surface area contributed by atoms with Gasteiger partial charge in [-0.25, -0.2) is 8.42 Å². The number of aryl methyl sites for hydroxylation is 1.